The zero-order valence-corrected chi connectivity index (χ0v) is 18.0. The molecule has 0 spiro atoms. The van der Waals surface area contributed by atoms with Crippen molar-refractivity contribution in [3.63, 3.8) is 0 Å². The summed E-state index contributed by atoms with van der Waals surface area (Å²) >= 11 is 4.17. The van der Waals surface area contributed by atoms with Crippen LogP contribution in [0.5, 0.6) is 0 Å². The standard InChI is InChI=1S/C17H14I2O5S/c18-5-3-6-13(20)12-14-10-8-1-2-9(23-8)11(10)15(24-14)17(12)25(21,22)16(6)7(19)4-5/h3-4,8-12,14-15,17H,1-2H2. The highest BCUT2D eigenvalue weighted by Crippen LogP contribution is 2.62. The van der Waals surface area contributed by atoms with Crippen LogP contribution in [0.3, 0.4) is 0 Å². The number of fused-ring (bicyclic) bond motifs is 13. The van der Waals surface area contributed by atoms with E-state index in [1.807, 2.05) is 28.7 Å². The lowest BCUT2D eigenvalue weighted by molar-refractivity contribution is 0.00297. The lowest BCUT2D eigenvalue weighted by atomic mass is 9.66. The molecule has 0 saturated carbocycles. The molecule has 132 valence electrons. The summed E-state index contributed by atoms with van der Waals surface area (Å²) in [5, 5.41) is -0.740. The minimum absolute atomic E-state index is 0.0556. The Bertz CT molecular complexity index is 945. The van der Waals surface area contributed by atoms with Crippen molar-refractivity contribution in [3.8, 4) is 0 Å². The summed E-state index contributed by atoms with van der Waals surface area (Å²) in [5.41, 5.74) is 0.356. The topological polar surface area (TPSA) is 69.7 Å². The average Bonchev–Trinajstić information content (AvgIpc) is 3.28. The Hall–Kier alpha value is 0.220. The number of carbonyl (C=O) groups is 1. The van der Waals surface area contributed by atoms with Crippen LogP contribution in [0.15, 0.2) is 17.0 Å². The van der Waals surface area contributed by atoms with Gasteiger partial charge >= 0.3 is 0 Å². The van der Waals surface area contributed by atoms with Gasteiger partial charge in [0.1, 0.15) is 5.25 Å². The van der Waals surface area contributed by atoms with Crippen molar-refractivity contribution >= 4 is 60.8 Å². The molecule has 0 aliphatic carbocycles. The number of hydrogen-bond donors (Lipinski definition) is 0. The molecule has 8 heteroatoms. The third-order valence-corrected chi connectivity index (χ3v) is 10.8. The van der Waals surface area contributed by atoms with E-state index in [2.05, 4.69) is 22.6 Å². The molecule has 0 aromatic heterocycles. The van der Waals surface area contributed by atoms with Gasteiger partial charge in [0, 0.05) is 24.5 Å². The van der Waals surface area contributed by atoms with Crippen molar-refractivity contribution < 1.29 is 22.7 Å². The Labute approximate surface area is 172 Å². The molecule has 4 fully saturated rings. The molecule has 0 amide bonds. The molecule has 5 aliphatic heterocycles. The van der Waals surface area contributed by atoms with Gasteiger partial charge < -0.3 is 9.47 Å². The van der Waals surface area contributed by atoms with Crippen LogP contribution in [-0.4, -0.2) is 43.9 Å². The van der Waals surface area contributed by atoms with E-state index in [1.54, 1.807) is 6.07 Å². The highest BCUT2D eigenvalue weighted by Gasteiger charge is 2.73. The summed E-state index contributed by atoms with van der Waals surface area (Å²) < 4.78 is 40.7. The van der Waals surface area contributed by atoms with Crippen molar-refractivity contribution in [2.24, 2.45) is 17.8 Å². The zero-order chi connectivity index (χ0) is 17.2. The van der Waals surface area contributed by atoms with Crippen LogP contribution in [0.2, 0.25) is 0 Å². The molecule has 25 heavy (non-hydrogen) atoms. The van der Waals surface area contributed by atoms with Gasteiger partial charge in [-0.1, -0.05) is 0 Å². The van der Waals surface area contributed by atoms with Crippen molar-refractivity contribution in [1.29, 1.82) is 0 Å². The molecule has 4 saturated heterocycles. The van der Waals surface area contributed by atoms with Gasteiger partial charge in [-0.2, -0.15) is 0 Å². The lowest BCUT2D eigenvalue weighted by Crippen LogP contribution is -2.55. The van der Waals surface area contributed by atoms with E-state index in [0.717, 1.165) is 16.4 Å². The third kappa shape index (κ3) is 1.81. The monoisotopic (exact) mass is 584 g/mol. The molecule has 1 aromatic carbocycles. The third-order valence-electron chi connectivity index (χ3n) is 6.71. The van der Waals surface area contributed by atoms with Gasteiger partial charge in [0.25, 0.3) is 0 Å². The Kier molecular flexibility index (Phi) is 3.23. The van der Waals surface area contributed by atoms with E-state index in [9.17, 15) is 13.2 Å². The SMILES string of the molecule is O=C1c2cc(I)cc(I)c2S(=O)(=O)C2C3OC(C12)C1C2CCC(O2)C31. The van der Waals surface area contributed by atoms with Gasteiger partial charge in [-0.05, 0) is 70.2 Å². The van der Waals surface area contributed by atoms with Crippen LogP contribution >= 0.6 is 45.2 Å². The molecule has 8 unspecified atom stereocenters. The number of rotatable bonds is 0. The van der Waals surface area contributed by atoms with Crippen molar-refractivity contribution in [2.75, 3.05) is 0 Å². The number of carbonyl (C=O) groups excluding carboxylic acids is 1. The second kappa shape index (κ2) is 4.98. The summed E-state index contributed by atoms with van der Waals surface area (Å²) in [7, 11) is -3.60. The fourth-order valence-electron chi connectivity index (χ4n) is 6.00. The quantitative estimate of drug-likeness (QED) is 0.439. The first kappa shape index (κ1) is 16.2. The van der Waals surface area contributed by atoms with Gasteiger partial charge in [0.2, 0.25) is 0 Å². The molecule has 5 aliphatic rings. The number of ketones is 1. The summed E-state index contributed by atoms with van der Waals surface area (Å²) in [6.45, 7) is 0. The predicted octanol–water partition coefficient (Wildman–Crippen LogP) is 2.43. The predicted molar refractivity (Wildman–Crippen MR) is 104 cm³/mol. The summed E-state index contributed by atoms with van der Waals surface area (Å²) in [4.78, 5) is 13.5. The van der Waals surface area contributed by atoms with E-state index >= 15 is 0 Å². The van der Waals surface area contributed by atoms with Crippen LogP contribution in [0, 0.1) is 24.9 Å². The van der Waals surface area contributed by atoms with Gasteiger partial charge in [0.05, 0.1) is 35.2 Å². The Morgan fingerprint density at radius 3 is 2.40 bits per heavy atom. The maximum atomic E-state index is 13.5. The minimum Gasteiger partial charge on any atom is -0.374 e. The Morgan fingerprint density at radius 1 is 1.00 bits per heavy atom. The lowest BCUT2D eigenvalue weighted by Gasteiger charge is -2.40. The molecule has 0 N–H and O–H groups in total. The maximum absolute atomic E-state index is 13.5. The summed E-state index contributed by atoms with van der Waals surface area (Å²) in [6.07, 6.45) is 1.53. The fraction of sp³-hybridized carbons (Fsp3) is 0.588. The molecule has 4 bridgehead atoms. The van der Waals surface area contributed by atoms with Crippen molar-refractivity contribution in [3.05, 3.63) is 24.8 Å². The van der Waals surface area contributed by atoms with Gasteiger partial charge in [-0.25, -0.2) is 8.42 Å². The number of benzene rings is 1. The largest absolute Gasteiger partial charge is 0.374 e. The van der Waals surface area contributed by atoms with Crippen molar-refractivity contribution in [2.45, 2.75) is 47.4 Å². The second-order valence-electron chi connectivity index (χ2n) is 7.67. The van der Waals surface area contributed by atoms with Gasteiger partial charge in [-0.15, -0.1) is 0 Å². The van der Waals surface area contributed by atoms with Gasteiger partial charge in [0.15, 0.2) is 15.6 Å². The Morgan fingerprint density at radius 2 is 1.68 bits per heavy atom. The van der Waals surface area contributed by atoms with Crippen LogP contribution < -0.4 is 0 Å². The molecule has 0 radical (unpaired) electrons. The Balaban J connectivity index is 1.57. The summed E-state index contributed by atoms with van der Waals surface area (Å²) in [6, 6.07) is 3.54. The van der Waals surface area contributed by atoms with E-state index in [-0.39, 0.29) is 40.8 Å². The van der Waals surface area contributed by atoms with Crippen LogP contribution in [0.4, 0.5) is 0 Å². The smallest absolute Gasteiger partial charge is 0.186 e. The number of Topliss-reactive ketones (excluding diaryl/α,β-unsaturated/α-hetero) is 1. The van der Waals surface area contributed by atoms with Crippen LogP contribution in [-0.2, 0) is 19.3 Å². The highest BCUT2D eigenvalue weighted by molar-refractivity contribution is 14.1. The van der Waals surface area contributed by atoms with E-state index < -0.39 is 27.1 Å². The summed E-state index contributed by atoms with van der Waals surface area (Å²) in [5.74, 6) is -0.302. The number of ether oxygens (including phenoxy) is 2. The molecular formula is C17H14I2O5S. The van der Waals surface area contributed by atoms with Crippen LogP contribution in [0.25, 0.3) is 0 Å². The first-order chi connectivity index (χ1) is 11.9. The van der Waals surface area contributed by atoms with E-state index in [4.69, 9.17) is 9.47 Å². The fourth-order valence-corrected chi connectivity index (χ4v) is 11.1. The van der Waals surface area contributed by atoms with Crippen molar-refractivity contribution in [1.82, 2.24) is 0 Å². The number of sulfone groups is 1. The first-order valence-corrected chi connectivity index (χ1v) is 12.2. The van der Waals surface area contributed by atoms with Crippen LogP contribution in [0.1, 0.15) is 23.2 Å². The first-order valence-electron chi connectivity index (χ1n) is 8.47. The van der Waals surface area contributed by atoms with E-state index in [0.29, 0.717) is 9.13 Å². The normalized spacial score (nSPS) is 47.7. The molecular weight excluding hydrogens is 570 g/mol. The average molecular weight is 584 g/mol. The maximum Gasteiger partial charge on any atom is 0.186 e. The zero-order valence-electron chi connectivity index (χ0n) is 12.9. The molecule has 6 rings (SSSR count). The molecule has 1 aromatic rings. The molecule has 5 nitrogen and oxygen atoms in total. The minimum atomic E-state index is -3.60. The highest BCUT2D eigenvalue weighted by atomic mass is 127. The number of hydrogen-bond acceptors (Lipinski definition) is 5. The second-order valence-corrected chi connectivity index (χ2v) is 12.1. The van der Waals surface area contributed by atoms with E-state index in [1.165, 1.54) is 0 Å². The number of halogens is 2. The van der Waals surface area contributed by atoms with Gasteiger partial charge in [-0.3, -0.25) is 4.79 Å². The molecule has 5 heterocycles. The molecule has 8 atom stereocenters.